The third-order valence-electron chi connectivity index (χ3n) is 3.07. The van der Waals surface area contributed by atoms with E-state index < -0.39 is 0 Å². The first-order valence-corrected chi connectivity index (χ1v) is 8.74. The van der Waals surface area contributed by atoms with E-state index in [1.54, 1.807) is 36.4 Å². The molecule has 23 heavy (non-hydrogen) atoms. The number of nitrogens with one attached hydrogen (secondary N) is 1. The average Bonchev–Trinajstić information content (AvgIpc) is 2.48. The van der Waals surface area contributed by atoms with Crippen LogP contribution in [0, 0.1) is 0 Å². The fraction of sp³-hybridized carbons (Fsp3) is 0.235. The lowest BCUT2D eigenvalue weighted by atomic mass is 10.2. The van der Waals surface area contributed by atoms with Crippen LogP contribution in [0.1, 0.15) is 30.1 Å². The van der Waals surface area contributed by atoms with Crippen molar-refractivity contribution in [1.82, 2.24) is 0 Å². The van der Waals surface area contributed by atoms with Crippen LogP contribution in [0.5, 0.6) is 5.75 Å². The van der Waals surface area contributed by atoms with Gasteiger partial charge in [0.2, 0.25) is 0 Å². The standard InChI is InChI=1S/C17H16BrCl2NO2/c1-2-3-6-23-16-5-4-11(7-15(16)18)17(22)21-14-9-12(19)8-13(20)10-14/h4-5,7-10H,2-3,6H2,1H3,(H,21,22). The molecule has 0 saturated heterocycles. The molecule has 2 rings (SSSR count). The number of unbranched alkanes of at least 4 members (excludes halogenated alkanes) is 1. The number of ether oxygens (including phenoxy) is 1. The van der Waals surface area contributed by atoms with Gasteiger partial charge in [-0.15, -0.1) is 0 Å². The Hall–Kier alpha value is -1.23. The maximum atomic E-state index is 12.3. The molecule has 0 heterocycles. The van der Waals surface area contributed by atoms with Crippen molar-refractivity contribution in [3.8, 4) is 5.75 Å². The van der Waals surface area contributed by atoms with Crippen molar-refractivity contribution in [1.29, 1.82) is 0 Å². The van der Waals surface area contributed by atoms with Gasteiger partial charge < -0.3 is 10.1 Å². The van der Waals surface area contributed by atoms with E-state index in [9.17, 15) is 4.79 Å². The van der Waals surface area contributed by atoms with Crippen LogP contribution in [0.15, 0.2) is 40.9 Å². The molecule has 0 saturated carbocycles. The molecular formula is C17H16BrCl2NO2. The number of carbonyl (C=O) groups is 1. The van der Waals surface area contributed by atoms with E-state index in [1.807, 2.05) is 0 Å². The second-order valence-electron chi connectivity index (χ2n) is 4.96. The lowest BCUT2D eigenvalue weighted by Gasteiger charge is -2.10. The molecule has 0 unspecified atom stereocenters. The number of amides is 1. The zero-order chi connectivity index (χ0) is 16.8. The second-order valence-corrected chi connectivity index (χ2v) is 6.69. The van der Waals surface area contributed by atoms with Crippen molar-refractivity contribution in [3.63, 3.8) is 0 Å². The normalized spacial score (nSPS) is 10.4. The minimum Gasteiger partial charge on any atom is -0.492 e. The Balaban J connectivity index is 2.08. The fourth-order valence-corrected chi connectivity index (χ4v) is 2.93. The second kappa shape index (κ2) is 8.57. The molecular weight excluding hydrogens is 401 g/mol. The molecule has 0 fully saturated rings. The summed E-state index contributed by atoms with van der Waals surface area (Å²) in [7, 11) is 0. The summed E-state index contributed by atoms with van der Waals surface area (Å²) in [5.41, 5.74) is 1.06. The molecule has 1 N–H and O–H groups in total. The Morgan fingerprint density at radius 2 is 1.87 bits per heavy atom. The molecule has 3 nitrogen and oxygen atoms in total. The van der Waals surface area contributed by atoms with Crippen LogP contribution in [0.2, 0.25) is 10.0 Å². The van der Waals surface area contributed by atoms with E-state index in [-0.39, 0.29) is 5.91 Å². The van der Waals surface area contributed by atoms with E-state index in [0.717, 1.165) is 23.1 Å². The number of hydrogen-bond donors (Lipinski definition) is 1. The smallest absolute Gasteiger partial charge is 0.255 e. The molecule has 1 amide bonds. The van der Waals surface area contributed by atoms with Crippen molar-refractivity contribution in [2.75, 3.05) is 11.9 Å². The first-order valence-electron chi connectivity index (χ1n) is 7.19. The van der Waals surface area contributed by atoms with Crippen LogP contribution < -0.4 is 10.1 Å². The number of rotatable bonds is 6. The van der Waals surface area contributed by atoms with Gasteiger partial charge in [0.15, 0.2) is 0 Å². The van der Waals surface area contributed by atoms with Gasteiger partial charge in [0.1, 0.15) is 5.75 Å². The van der Waals surface area contributed by atoms with E-state index in [4.69, 9.17) is 27.9 Å². The quantitative estimate of drug-likeness (QED) is 0.570. The highest BCUT2D eigenvalue weighted by atomic mass is 79.9. The molecule has 0 aliphatic heterocycles. The van der Waals surface area contributed by atoms with Gasteiger partial charge in [0.05, 0.1) is 11.1 Å². The first-order chi connectivity index (χ1) is 11.0. The number of carbonyl (C=O) groups excluding carboxylic acids is 1. The van der Waals surface area contributed by atoms with Crippen LogP contribution in [0.4, 0.5) is 5.69 Å². The van der Waals surface area contributed by atoms with Gasteiger partial charge in [-0.2, -0.15) is 0 Å². The van der Waals surface area contributed by atoms with E-state index in [0.29, 0.717) is 27.9 Å². The predicted octanol–water partition coefficient (Wildman–Crippen LogP) is 6.19. The third kappa shape index (κ3) is 5.41. The van der Waals surface area contributed by atoms with Crippen molar-refractivity contribution in [2.45, 2.75) is 19.8 Å². The first kappa shape index (κ1) is 18.1. The minimum absolute atomic E-state index is 0.246. The molecule has 2 aromatic carbocycles. The number of halogens is 3. The summed E-state index contributed by atoms with van der Waals surface area (Å²) in [5.74, 6) is 0.477. The molecule has 0 atom stereocenters. The summed E-state index contributed by atoms with van der Waals surface area (Å²) in [6.07, 6.45) is 2.06. The maximum absolute atomic E-state index is 12.3. The van der Waals surface area contributed by atoms with Gasteiger partial charge in [-0.3, -0.25) is 4.79 Å². The van der Waals surface area contributed by atoms with Crippen LogP contribution in [0.3, 0.4) is 0 Å². The number of benzene rings is 2. The van der Waals surface area contributed by atoms with E-state index in [1.165, 1.54) is 0 Å². The van der Waals surface area contributed by atoms with Gasteiger partial charge in [0, 0.05) is 21.3 Å². The molecule has 0 radical (unpaired) electrons. The fourth-order valence-electron chi connectivity index (χ4n) is 1.91. The van der Waals surface area contributed by atoms with Gasteiger partial charge in [-0.25, -0.2) is 0 Å². The van der Waals surface area contributed by atoms with Crippen LogP contribution >= 0.6 is 39.1 Å². The largest absolute Gasteiger partial charge is 0.492 e. The third-order valence-corrected chi connectivity index (χ3v) is 4.13. The molecule has 6 heteroatoms. The molecule has 0 aromatic heterocycles. The van der Waals surface area contributed by atoms with Crippen molar-refractivity contribution in [2.24, 2.45) is 0 Å². The Labute approximate surface area is 154 Å². The summed E-state index contributed by atoms with van der Waals surface area (Å²) in [5, 5.41) is 3.70. The lowest BCUT2D eigenvalue weighted by Crippen LogP contribution is -2.12. The van der Waals surface area contributed by atoms with E-state index >= 15 is 0 Å². The van der Waals surface area contributed by atoms with Crippen molar-refractivity contribution < 1.29 is 9.53 Å². The monoisotopic (exact) mass is 415 g/mol. The van der Waals surface area contributed by atoms with Gasteiger partial charge in [-0.05, 0) is 58.7 Å². The lowest BCUT2D eigenvalue weighted by molar-refractivity contribution is 0.102. The predicted molar refractivity (Wildman–Crippen MR) is 99.0 cm³/mol. The topological polar surface area (TPSA) is 38.3 Å². The van der Waals surface area contributed by atoms with Crippen LogP contribution in [-0.2, 0) is 0 Å². The van der Waals surface area contributed by atoms with Crippen LogP contribution in [0.25, 0.3) is 0 Å². The molecule has 2 aromatic rings. The zero-order valence-electron chi connectivity index (χ0n) is 12.5. The Morgan fingerprint density at radius 3 is 2.48 bits per heavy atom. The van der Waals surface area contributed by atoms with Crippen molar-refractivity contribution >= 4 is 50.7 Å². The highest BCUT2D eigenvalue weighted by Gasteiger charge is 2.10. The SMILES string of the molecule is CCCCOc1ccc(C(=O)Nc2cc(Cl)cc(Cl)c2)cc1Br. The van der Waals surface area contributed by atoms with E-state index in [2.05, 4.69) is 28.2 Å². The summed E-state index contributed by atoms with van der Waals surface area (Å²) < 4.78 is 6.39. The zero-order valence-corrected chi connectivity index (χ0v) is 15.6. The Bertz CT molecular complexity index is 687. The highest BCUT2D eigenvalue weighted by Crippen LogP contribution is 2.27. The van der Waals surface area contributed by atoms with Gasteiger partial charge in [0.25, 0.3) is 5.91 Å². The number of hydrogen-bond acceptors (Lipinski definition) is 2. The van der Waals surface area contributed by atoms with Crippen molar-refractivity contribution in [3.05, 3.63) is 56.5 Å². The maximum Gasteiger partial charge on any atom is 0.255 e. The average molecular weight is 417 g/mol. The van der Waals surface area contributed by atoms with Gasteiger partial charge >= 0.3 is 0 Å². The molecule has 0 aliphatic carbocycles. The minimum atomic E-state index is -0.246. The number of anilines is 1. The van der Waals surface area contributed by atoms with Gasteiger partial charge in [-0.1, -0.05) is 36.5 Å². The Kier molecular flexibility index (Phi) is 6.75. The Morgan fingerprint density at radius 1 is 1.17 bits per heavy atom. The summed E-state index contributed by atoms with van der Waals surface area (Å²) in [6, 6.07) is 10.1. The van der Waals surface area contributed by atoms with Crippen LogP contribution in [-0.4, -0.2) is 12.5 Å². The highest BCUT2D eigenvalue weighted by molar-refractivity contribution is 9.10. The summed E-state index contributed by atoms with van der Waals surface area (Å²) >= 11 is 15.3. The summed E-state index contributed by atoms with van der Waals surface area (Å²) in [4.78, 5) is 12.3. The molecule has 0 spiro atoms. The molecule has 122 valence electrons. The summed E-state index contributed by atoms with van der Waals surface area (Å²) in [6.45, 7) is 2.76. The molecule has 0 bridgehead atoms. The molecule has 0 aliphatic rings.